The predicted molar refractivity (Wildman–Crippen MR) is 91.8 cm³/mol. The molecule has 3 aliphatic heterocycles. The van der Waals surface area contributed by atoms with Gasteiger partial charge in [0.15, 0.2) is 0 Å². The van der Waals surface area contributed by atoms with Crippen LogP contribution in [0, 0.1) is 17.8 Å². The minimum atomic E-state index is 0.420. The molecular weight excluding hydrogens is 284 g/mol. The first kappa shape index (κ1) is 15.2. The zero-order valence-corrected chi connectivity index (χ0v) is 14.3. The Bertz CT molecular complexity index is 570. The molecule has 4 rings (SSSR count). The van der Waals surface area contributed by atoms with Gasteiger partial charge in [-0.05, 0) is 36.2 Å². The van der Waals surface area contributed by atoms with Gasteiger partial charge in [0.05, 0.1) is 0 Å². The van der Waals surface area contributed by atoms with E-state index in [9.17, 15) is 4.79 Å². The van der Waals surface area contributed by atoms with Crippen molar-refractivity contribution >= 4 is 5.91 Å². The van der Waals surface area contributed by atoms with E-state index in [1.54, 1.807) is 0 Å². The standard InChI is InChI=1S/C20H28N2O/c1-14(2)18-10-17-13-21(11-15-6-4-3-5-7-15)12-16-8-9-19(23)22(18)20(16)17/h3-7,14,16-18,20H,8-13H2,1-2H3/t16-,17?,18-,20?/m1/s1. The number of rotatable bonds is 3. The van der Waals surface area contributed by atoms with E-state index in [1.807, 2.05) is 0 Å². The summed E-state index contributed by atoms with van der Waals surface area (Å²) in [7, 11) is 0. The molecule has 124 valence electrons. The van der Waals surface area contributed by atoms with Gasteiger partial charge in [0.1, 0.15) is 0 Å². The Morgan fingerprint density at radius 2 is 1.87 bits per heavy atom. The summed E-state index contributed by atoms with van der Waals surface area (Å²) in [5.41, 5.74) is 1.41. The lowest BCUT2D eigenvalue weighted by molar-refractivity contribution is -0.142. The quantitative estimate of drug-likeness (QED) is 0.856. The lowest BCUT2D eigenvalue weighted by atomic mass is 9.79. The molecule has 23 heavy (non-hydrogen) atoms. The highest BCUT2D eigenvalue weighted by Gasteiger charge is 2.52. The maximum atomic E-state index is 12.5. The van der Waals surface area contributed by atoms with Crippen molar-refractivity contribution < 1.29 is 4.79 Å². The van der Waals surface area contributed by atoms with Crippen LogP contribution in [-0.2, 0) is 11.3 Å². The van der Waals surface area contributed by atoms with Gasteiger partial charge in [-0.25, -0.2) is 0 Å². The molecule has 4 atom stereocenters. The van der Waals surface area contributed by atoms with Crippen LogP contribution in [0.4, 0.5) is 0 Å². The zero-order chi connectivity index (χ0) is 16.0. The Morgan fingerprint density at radius 1 is 1.13 bits per heavy atom. The maximum Gasteiger partial charge on any atom is 0.223 e. The Balaban J connectivity index is 1.53. The summed E-state index contributed by atoms with van der Waals surface area (Å²) in [4.78, 5) is 17.5. The number of benzene rings is 1. The third-order valence-electron chi connectivity index (χ3n) is 6.21. The molecule has 1 amide bonds. The van der Waals surface area contributed by atoms with E-state index >= 15 is 0 Å². The van der Waals surface area contributed by atoms with Crippen molar-refractivity contribution in [1.82, 2.24) is 9.80 Å². The van der Waals surface area contributed by atoms with Crippen molar-refractivity contribution in [2.45, 2.75) is 51.7 Å². The summed E-state index contributed by atoms with van der Waals surface area (Å²) >= 11 is 0. The van der Waals surface area contributed by atoms with Crippen molar-refractivity contribution in [3.8, 4) is 0 Å². The minimum Gasteiger partial charge on any atom is -0.336 e. The van der Waals surface area contributed by atoms with E-state index in [4.69, 9.17) is 0 Å². The van der Waals surface area contributed by atoms with Gasteiger partial charge in [0, 0.05) is 38.1 Å². The molecular formula is C20H28N2O. The van der Waals surface area contributed by atoms with Gasteiger partial charge in [-0.2, -0.15) is 0 Å². The Hall–Kier alpha value is -1.35. The van der Waals surface area contributed by atoms with Crippen LogP contribution in [0.5, 0.6) is 0 Å². The summed E-state index contributed by atoms with van der Waals surface area (Å²) in [6.07, 6.45) is 3.05. The highest BCUT2D eigenvalue weighted by Crippen LogP contribution is 2.45. The van der Waals surface area contributed by atoms with Crippen molar-refractivity contribution in [1.29, 1.82) is 0 Å². The number of carbonyl (C=O) groups is 1. The molecule has 0 spiro atoms. The molecule has 3 heterocycles. The number of hydrogen-bond acceptors (Lipinski definition) is 2. The first-order valence-corrected chi connectivity index (χ1v) is 9.21. The van der Waals surface area contributed by atoms with Crippen LogP contribution in [-0.4, -0.2) is 40.9 Å². The Kier molecular flexibility index (Phi) is 3.92. The lowest BCUT2D eigenvalue weighted by Crippen LogP contribution is -2.57. The number of nitrogens with zero attached hydrogens (tertiary/aromatic N) is 2. The number of amides is 1. The van der Waals surface area contributed by atoms with Gasteiger partial charge in [0.2, 0.25) is 5.91 Å². The van der Waals surface area contributed by atoms with Crippen LogP contribution >= 0.6 is 0 Å². The summed E-state index contributed by atoms with van der Waals surface area (Å²) in [6, 6.07) is 11.8. The fourth-order valence-electron chi connectivity index (χ4n) is 5.27. The molecule has 0 radical (unpaired) electrons. The minimum absolute atomic E-state index is 0.420. The van der Waals surface area contributed by atoms with Crippen LogP contribution in [0.25, 0.3) is 0 Å². The molecule has 2 unspecified atom stereocenters. The topological polar surface area (TPSA) is 23.6 Å². The predicted octanol–water partition coefficient (Wildman–Crippen LogP) is 3.15. The van der Waals surface area contributed by atoms with Crippen LogP contribution in [0.15, 0.2) is 30.3 Å². The first-order valence-electron chi connectivity index (χ1n) is 9.21. The number of hydrogen-bond donors (Lipinski definition) is 0. The van der Waals surface area contributed by atoms with E-state index < -0.39 is 0 Å². The van der Waals surface area contributed by atoms with Crippen molar-refractivity contribution in [2.75, 3.05) is 13.1 Å². The van der Waals surface area contributed by atoms with Crippen LogP contribution in [0.3, 0.4) is 0 Å². The number of piperidine rings is 2. The van der Waals surface area contributed by atoms with Gasteiger partial charge >= 0.3 is 0 Å². The fourth-order valence-corrected chi connectivity index (χ4v) is 5.27. The normalized spacial score (nSPS) is 34.0. The summed E-state index contributed by atoms with van der Waals surface area (Å²) in [6.45, 7) is 7.93. The van der Waals surface area contributed by atoms with Crippen molar-refractivity contribution in [3.63, 3.8) is 0 Å². The van der Waals surface area contributed by atoms with Crippen LogP contribution in [0.1, 0.15) is 38.7 Å². The van der Waals surface area contributed by atoms with Gasteiger partial charge in [-0.1, -0.05) is 44.2 Å². The first-order chi connectivity index (χ1) is 11.1. The number of likely N-dealkylation sites (tertiary alicyclic amines) is 1. The van der Waals surface area contributed by atoms with Gasteiger partial charge in [-0.15, -0.1) is 0 Å². The molecule has 0 N–H and O–H groups in total. The Morgan fingerprint density at radius 3 is 2.61 bits per heavy atom. The van der Waals surface area contributed by atoms with E-state index in [2.05, 4.69) is 54.0 Å². The van der Waals surface area contributed by atoms with Crippen molar-refractivity contribution in [3.05, 3.63) is 35.9 Å². The largest absolute Gasteiger partial charge is 0.336 e. The summed E-state index contributed by atoms with van der Waals surface area (Å²) in [5, 5.41) is 0. The molecule has 0 aliphatic carbocycles. The van der Waals surface area contributed by atoms with Gasteiger partial charge in [-0.3, -0.25) is 9.69 Å². The second-order valence-corrected chi connectivity index (χ2v) is 8.08. The molecule has 3 saturated heterocycles. The molecule has 0 bridgehead atoms. The van der Waals surface area contributed by atoms with Crippen LogP contribution in [0.2, 0.25) is 0 Å². The van der Waals surface area contributed by atoms with Crippen molar-refractivity contribution in [2.24, 2.45) is 17.8 Å². The molecule has 0 aromatic heterocycles. The number of carbonyl (C=O) groups excluding carboxylic acids is 1. The monoisotopic (exact) mass is 312 g/mol. The average molecular weight is 312 g/mol. The highest BCUT2D eigenvalue weighted by atomic mass is 16.2. The van der Waals surface area contributed by atoms with E-state index in [0.717, 1.165) is 32.5 Å². The average Bonchev–Trinajstić information content (AvgIpc) is 2.93. The van der Waals surface area contributed by atoms with Gasteiger partial charge < -0.3 is 4.90 Å². The summed E-state index contributed by atoms with van der Waals surface area (Å²) < 4.78 is 0. The highest BCUT2D eigenvalue weighted by molar-refractivity contribution is 5.78. The molecule has 3 heteroatoms. The van der Waals surface area contributed by atoms with Crippen LogP contribution < -0.4 is 0 Å². The second kappa shape index (κ2) is 5.94. The SMILES string of the molecule is CC(C)[C@H]1CC2CN(Cc3ccccc3)C[C@H]3CCC(=O)N1C23. The smallest absolute Gasteiger partial charge is 0.223 e. The molecule has 1 aromatic rings. The van der Waals surface area contributed by atoms with Gasteiger partial charge in [0.25, 0.3) is 0 Å². The van der Waals surface area contributed by atoms with E-state index in [-0.39, 0.29) is 0 Å². The third kappa shape index (κ3) is 2.69. The second-order valence-electron chi connectivity index (χ2n) is 8.08. The molecule has 1 aromatic carbocycles. The maximum absolute atomic E-state index is 12.5. The lowest BCUT2D eigenvalue weighted by Gasteiger charge is -2.47. The third-order valence-corrected chi connectivity index (χ3v) is 6.21. The molecule has 0 saturated carbocycles. The zero-order valence-electron chi connectivity index (χ0n) is 14.3. The van der Waals surface area contributed by atoms with E-state index in [0.29, 0.717) is 35.7 Å². The molecule has 3 fully saturated rings. The van der Waals surface area contributed by atoms with E-state index in [1.165, 1.54) is 12.0 Å². The molecule has 3 aliphatic rings. The summed E-state index contributed by atoms with van der Waals surface area (Å²) in [5.74, 6) is 2.35. The molecule has 3 nitrogen and oxygen atoms in total. The Labute approximate surface area is 139 Å². The fraction of sp³-hybridized carbons (Fsp3) is 0.650.